The highest BCUT2D eigenvalue weighted by molar-refractivity contribution is 7.98. The van der Waals surface area contributed by atoms with E-state index in [1.165, 1.54) is 11.8 Å². The van der Waals surface area contributed by atoms with Gasteiger partial charge < -0.3 is 0 Å². The van der Waals surface area contributed by atoms with Crippen LogP contribution < -0.4 is 0 Å². The fourth-order valence-electron chi connectivity index (χ4n) is 2.01. The van der Waals surface area contributed by atoms with Crippen LogP contribution in [-0.4, -0.2) is 21.1 Å². The van der Waals surface area contributed by atoms with E-state index in [0.29, 0.717) is 21.0 Å². The third kappa shape index (κ3) is 4.17. The Labute approximate surface area is 154 Å². The molecule has 0 aliphatic heterocycles. The predicted molar refractivity (Wildman–Crippen MR) is 100 cm³/mol. The minimum absolute atomic E-state index is 0.625. The van der Waals surface area contributed by atoms with E-state index in [1.807, 2.05) is 49.4 Å². The average Bonchev–Trinajstić information content (AvgIpc) is 2.93. The molecular formula is C17H14Cl2N4S. The van der Waals surface area contributed by atoms with Gasteiger partial charge in [-0.25, -0.2) is 0 Å². The van der Waals surface area contributed by atoms with E-state index in [0.717, 1.165) is 17.0 Å². The van der Waals surface area contributed by atoms with Crippen LogP contribution in [0.1, 0.15) is 17.0 Å². The van der Waals surface area contributed by atoms with Crippen molar-refractivity contribution >= 4 is 41.2 Å². The lowest BCUT2D eigenvalue weighted by molar-refractivity contribution is 0.744. The summed E-state index contributed by atoms with van der Waals surface area (Å²) in [4.78, 5) is 0. The van der Waals surface area contributed by atoms with Crippen molar-refractivity contribution in [2.24, 2.45) is 5.10 Å². The van der Waals surface area contributed by atoms with Crippen molar-refractivity contribution in [3.05, 3.63) is 75.5 Å². The van der Waals surface area contributed by atoms with Gasteiger partial charge in [0.25, 0.3) is 0 Å². The van der Waals surface area contributed by atoms with Crippen LogP contribution >= 0.6 is 35.0 Å². The van der Waals surface area contributed by atoms with Crippen molar-refractivity contribution in [3.63, 3.8) is 0 Å². The van der Waals surface area contributed by atoms with E-state index in [1.54, 1.807) is 17.0 Å². The first kappa shape index (κ1) is 17.0. The maximum absolute atomic E-state index is 6.21. The van der Waals surface area contributed by atoms with Gasteiger partial charge >= 0.3 is 0 Å². The van der Waals surface area contributed by atoms with E-state index in [2.05, 4.69) is 15.3 Å². The minimum atomic E-state index is 0.625. The Morgan fingerprint density at radius 3 is 2.67 bits per heavy atom. The van der Waals surface area contributed by atoms with Gasteiger partial charge in [0.15, 0.2) is 5.82 Å². The number of aromatic nitrogens is 3. The molecule has 0 unspecified atom stereocenters. The predicted octanol–water partition coefficient (Wildman–Crippen LogP) is 5.07. The maximum atomic E-state index is 6.21. The fraction of sp³-hybridized carbons (Fsp3) is 0.118. The molecule has 0 atom stereocenters. The van der Waals surface area contributed by atoms with Crippen LogP contribution in [0.15, 0.2) is 58.8 Å². The highest BCUT2D eigenvalue weighted by Crippen LogP contribution is 2.28. The summed E-state index contributed by atoms with van der Waals surface area (Å²) in [6.07, 6.45) is 1.79. The molecule has 3 rings (SSSR count). The molecule has 0 radical (unpaired) electrons. The zero-order chi connectivity index (χ0) is 16.9. The van der Waals surface area contributed by atoms with Crippen molar-refractivity contribution in [1.29, 1.82) is 0 Å². The van der Waals surface area contributed by atoms with Crippen molar-refractivity contribution < 1.29 is 0 Å². The monoisotopic (exact) mass is 376 g/mol. The summed E-state index contributed by atoms with van der Waals surface area (Å²) in [5, 5.41) is 14.7. The molecule has 0 N–H and O–H groups in total. The van der Waals surface area contributed by atoms with Crippen molar-refractivity contribution in [2.45, 2.75) is 17.8 Å². The zero-order valence-corrected chi connectivity index (χ0v) is 15.2. The van der Waals surface area contributed by atoms with E-state index in [-0.39, 0.29) is 0 Å². The summed E-state index contributed by atoms with van der Waals surface area (Å²) < 4.78 is 1.72. The Bertz CT molecular complexity index is 862. The van der Waals surface area contributed by atoms with Gasteiger partial charge in [-0.05, 0) is 30.2 Å². The lowest BCUT2D eigenvalue weighted by Crippen LogP contribution is -1.96. The highest BCUT2D eigenvalue weighted by Gasteiger charge is 2.10. The van der Waals surface area contributed by atoms with E-state index in [4.69, 9.17) is 23.2 Å². The maximum Gasteiger partial charge on any atom is 0.212 e. The molecule has 2 aromatic carbocycles. The third-order valence-electron chi connectivity index (χ3n) is 3.26. The molecule has 0 fully saturated rings. The highest BCUT2D eigenvalue weighted by atomic mass is 35.5. The molecule has 24 heavy (non-hydrogen) atoms. The lowest BCUT2D eigenvalue weighted by Gasteiger charge is -2.05. The summed E-state index contributed by atoms with van der Waals surface area (Å²) in [5.74, 6) is 1.39. The molecule has 0 saturated heterocycles. The van der Waals surface area contributed by atoms with Crippen LogP contribution in [0.4, 0.5) is 0 Å². The van der Waals surface area contributed by atoms with Crippen LogP contribution in [0.3, 0.4) is 0 Å². The Hall–Kier alpha value is -1.82. The van der Waals surface area contributed by atoms with Crippen LogP contribution in [-0.2, 0) is 5.75 Å². The van der Waals surface area contributed by atoms with Gasteiger partial charge in [0, 0.05) is 15.8 Å². The van der Waals surface area contributed by atoms with Crippen LogP contribution in [0.5, 0.6) is 0 Å². The molecular weight excluding hydrogens is 363 g/mol. The number of halogens is 2. The van der Waals surface area contributed by atoms with Gasteiger partial charge in [-0.3, -0.25) is 0 Å². The number of rotatable bonds is 5. The Balaban J connectivity index is 1.76. The first-order valence-electron chi connectivity index (χ1n) is 7.21. The second kappa shape index (κ2) is 7.83. The number of thioether (sulfide) groups is 1. The Morgan fingerprint density at radius 2 is 1.92 bits per heavy atom. The third-order valence-corrected chi connectivity index (χ3v) is 4.82. The summed E-state index contributed by atoms with van der Waals surface area (Å²) in [6.45, 7) is 1.87. The average molecular weight is 377 g/mol. The Kier molecular flexibility index (Phi) is 5.56. The normalized spacial score (nSPS) is 11.3. The zero-order valence-electron chi connectivity index (χ0n) is 12.9. The summed E-state index contributed by atoms with van der Waals surface area (Å²) in [5.41, 5.74) is 2.01. The molecule has 1 aromatic heterocycles. The van der Waals surface area contributed by atoms with Crippen molar-refractivity contribution in [2.75, 3.05) is 0 Å². The van der Waals surface area contributed by atoms with Gasteiger partial charge in [0.1, 0.15) is 0 Å². The van der Waals surface area contributed by atoms with Crippen LogP contribution in [0.25, 0.3) is 0 Å². The van der Waals surface area contributed by atoms with Gasteiger partial charge in [0.2, 0.25) is 5.16 Å². The number of hydrogen-bond donors (Lipinski definition) is 0. The second-order valence-corrected chi connectivity index (χ2v) is 6.81. The van der Waals surface area contributed by atoms with Gasteiger partial charge in [-0.15, -0.1) is 10.2 Å². The van der Waals surface area contributed by atoms with Crippen LogP contribution in [0.2, 0.25) is 10.0 Å². The van der Waals surface area contributed by atoms with E-state index in [9.17, 15) is 0 Å². The van der Waals surface area contributed by atoms with Gasteiger partial charge in [-0.1, -0.05) is 71.4 Å². The summed E-state index contributed by atoms with van der Waals surface area (Å²) >= 11 is 13.7. The molecule has 122 valence electrons. The second-order valence-electron chi connectivity index (χ2n) is 5.02. The SMILES string of the molecule is Cc1nnc(SCc2ccc(Cl)cc2Cl)n1/N=C/c1ccccc1. The largest absolute Gasteiger partial charge is 0.212 e. The molecule has 0 aliphatic rings. The molecule has 7 heteroatoms. The van der Waals surface area contributed by atoms with E-state index < -0.39 is 0 Å². The molecule has 0 bridgehead atoms. The smallest absolute Gasteiger partial charge is 0.192 e. The lowest BCUT2D eigenvalue weighted by atomic mass is 10.2. The van der Waals surface area contributed by atoms with Gasteiger partial charge in [-0.2, -0.15) is 9.78 Å². The number of hydrogen-bond acceptors (Lipinski definition) is 4. The molecule has 0 aliphatic carbocycles. The molecule has 1 heterocycles. The van der Waals surface area contributed by atoms with Gasteiger partial charge in [0.05, 0.1) is 6.21 Å². The topological polar surface area (TPSA) is 43.1 Å². The number of aryl methyl sites for hydroxylation is 1. The molecule has 4 nitrogen and oxygen atoms in total. The fourth-order valence-corrected chi connectivity index (χ4v) is 3.50. The van der Waals surface area contributed by atoms with E-state index >= 15 is 0 Å². The number of benzene rings is 2. The summed E-state index contributed by atoms with van der Waals surface area (Å²) in [6, 6.07) is 15.4. The standard InChI is InChI=1S/C17H14Cl2N4S/c1-12-21-22-17(23(12)20-10-13-5-3-2-4-6-13)24-11-14-7-8-15(18)9-16(14)19/h2-10H,11H2,1H3/b20-10+. The summed E-state index contributed by atoms with van der Waals surface area (Å²) in [7, 11) is 0. The molecule has 0 amide bonds. The quantitative estimate of drug-likeness (QED) is 0.461. The Morgan fingerprint density at radius 1 is 1.12 bits per heavy atom. The molecule has 0 saturated carbocycles. The first-order chi connectivity index (χ1) is 11.6. The van der Waals surface area contributed by atoms with Crippen molar-refractivity contribution in [1.82, 2.24) is 14.9 Å². The minimum Gasteiger partial charge on any atom is -0.192 e. The van der Waals surface area contributed by atoms with Crippen LogP contribution in [0, 0.1) is 6.92 Å². The molecule has 3 aromatic rings. The first-order valence-corrected chi connectivity index (χ1v) is 8.96. The van der Waals surface area contributed by atoms with Crippen molar-refractivity contribution in [3.8, 4) is 0 Å². The molecule has 0 spiro atoms. The number of nitrogens with zero attached hydrogens (tertiary/aromatic N) is 4.